The van der Waals surface area contributed by atoms with Crippen molar-refractivity contribution >= 4 is 21.9 Å². The molecule has 1 amide bonds. The molecule has 0 bridgehead atoms. The molecule has 7 nitrogen and oxygen atoms in total. The first kappa shape index (κ1) is 23.9. The summed E-state index contributed by atoms with van der Waals surface area (Å²) in [6, 6.07) is 3.22. The van der Waals surface area contributed by atoms with Crippen LogP contribution < -0.4 is 10.0 Å². The number of carbonyl (C=O) groups is 2. The lowest BCUT2D eigenvalue weighted by molar-refractivity contribution is -0.148. The molecule has 0 fully saturated rings. The highest BCUT2D eigenvalue weighted by Gasteiger charge is 2.31. The van der Waals surface area contributed by atoms with Gasteiger partial charge in [0.15, 0.2) is 6.61 Å². The largest absolute Gasteiger partial charge is 0.456 e. The summed E-state index contributed by atoms with van der Waals surface area (Å²) in [5, 5.41) is 2.67. The van der Waals surface area contributed by atoms with E-state index in [0.29, 0.717) is 6.07 Å². The van der Waals surface area contributed by atoms with Crippen LogP contribution in [-0.2, 0) is 30.5 Å². The second-order valence-corrected chi connectivity index (χ2v) is 7.68. The van der Waals surface area contributed by atoms with E-state index < -0.39 is 45.1 Å². The van der Waals surface area contributed by atoms with Crippen molar-refractivity contribution in [1.82, 2.24) is 10.0 Å². The second kappa shape index (κ2) is 10.4. The number of hydrogen-bond donors (Lipinski definition) is 2. The van der Waals surface area contributed by atoms with E-state index >= 15 is 0 Å². The number of ether oxygens (including phenoxy) is 1. The van der Waals surface area contributed by atoms with Crippen molar-refractivity contribution in [1.29, 1.82) is 0 Å². The summed E-state index contributed by atoms with van der Waals surface area (Å²) in [6.07, 6.45) is -3.60. The lowest BCUT2D eigenvalue weighted by Crippen LogP contribution is -2.37. The predicted octanol–water partition coefficient (Wildman–Crippen LogP) is 2.22. The molecule has 0 aliphatic carbocycles. The van der Waals surface area contributed by atoms with Crippen molar-refractivity contribution in [2.75, 3.05) is 13.2 Å². The van der Waals surface area contributed by atoms with Gasteiger partial charge in [-0.25, -0.2) is 13.1 Å². The topological polar surface area (TPSA) is 102 Å². The summed E-state index contributed by atoms with van der Waals surface area (Å²) in [4.78, 5) is 22.6. The Morgan fingerprint density at radius 3 is 2.39 bits per heavy atom. The third-order valence-electron chi connectivity index (χ3n) is 3.81. The van der Waals surface area contributed by atoms with Crippen molar-refractivity contribution < 1.29 is 35.9 Å². The van der Waals surface area contributed by atoms with Crippen LogP contribution in [0.2, 0.25) is 0 Å². The first-order chi connectivity index (χ1) is 13.0. The number of carbonyl (C=O) groups excluding carboxylic acids is 2. The minimum absolute atomic E-state index is 0.0227. The van der Waals surface area contributed by atoms with Crippen LogP contribution in [-0.4, -0.2) is 39.5 Å². The monoisotopic (exact) mass is 424 g/mol. The smallest absolute Gasteiger partial charge is 0.416 e. The van der Waals surface area contributed by atoms with Gasteiger partial charge in [0.25, 0.3) is 5.91 Å². The van der Waals surface area contributed by atoms with Gasteiger partial charge in [-0.05, 0) is 31.0 Å². The predicted molar refractivity (Wildman–Crippen MR) is 94.7 cm³/mol. The van der Waals surface area contributed by atoms with Gasteiger partial charge in [-0.3, -0.25) is 9.59 Å². The molecule has 0 saturated heterocycles. The van der Waals surface area contributed by atoms with Gasteiger partial charge in [0.05, 0.1) is 16.9 Å². The van der Waals surface area contributed by atoms with Crippen LogP contribution in [0.1, 0.15) is 38.7 Å². The van der Waals surface area contributed by atoms with E-state index in [1.54, 1.807) is 0 Å². The first-order valence-corrected chi connectivity index (χ1v) is 10.1. The molecule has 0 aliphatic heterocycles. The highest BCUT2D eigenvalue weighted by Crippen LogP contribution is 2.30. The van der Waals surface area contributed by atoms with E-state index in [0.717, 1.165) is 31.0 Å². The Morgan fingerprint density at radius 2 is 1.82 bits per heavy atom. The molecule has 0 radical (unpaired) electrons. The summed E-state index contributed by atoms with van der Waals surface area (Å²) >= 11 is 0. The maximum atomic E-state index is 12.7. The fourth-order valence-corrected chi connectivity index (χ4v) is 3.27. The Hall–Kier alpha value is -2.14. The number of amides is 1. The van der Waals surface area contributed by atoms with E-state index in [9.17, 15) is 31.2 Å². The number of alkyl halides is 3. The Bertz CT molecular complexity index is 777. The van der Waals surface area contributed by atoms with Gasteiger partial charge in [0.2, 0.25) is 10.0 Å². The molecule has 158 valence electrons. The fourth-order valence-electron chi connectivity index (χ4n) is 2.19. The van der Waals surface area contributed by atoms with Crippen molar-refractivity contribution in [3.8, 4) is 0 Å². The van der Waals surface area contributed by atoms with Crippen LogP contribution in [0, 0.1) is 0 Å². The molecule has 1 rings (SSSR count). The average Bonchev–Trinajstić information content (AvgIpc) is 2.63. The number of hydrogen-bond acceptors (Lipinski definition) is 5. The van der Waals surface area contributed by atoms with E-state index in [1.165, 1.54) is 0 Å². The zero-order chi connectivity index (χ0) is 21.4. The second-order valence-electron chi connectivity index (χ2n) is 5.91. The Balaban J connectivity index is 2.50. The van der Waals surface area contributed by atoms with Crippen LogP contribution in [0.5, 0.6) is 0 Å². The number of nitrogens with one attached hydrogen (secondary N) is 2. The Labute approximate surface area is 161 Å². The van der Waals surface area contributed by atoms with Crippen LogP contribution in [0.3, 0.4) is 0 Å². The van der Waals surface area contributed by atoms with Crippen molar-refractivity contribution in [2.45, 2.75) is 50.2 Å². The number of esters is 1. The van der Waals surface area contributed by atoms with Crippen molar-refractivity contribution in [3.05, 3.63) is 29.8 Å². The third kappa shape index (κ3) is 7.85. The fraction of sp³-hybridized carbons (Fsp3) is 0.529. The summed E-state index contributed by atoms with van der Waals surface area (Å²) in [5.41, 5.74) is -1.10. The Morgan fingerprint density at radius 1 is 1.18 bits per heavy atom. The molecule has 0 saturated carbocycles. The normalized spacial score (nSPS) is 12.1. The molecule has 0 heterocycles. The maximum Gasteiger partial charge on any atom is 0.416 e. The van der Waals surface area contributed by atoms with E-state index in [4.69, 9.17) is 4.74 Å². The van der Waals surface area contributed by atoms with Gasteiger partial charge < -0.3 is 10.1 Å². The lowest BCUT2D eigenvalue weighted by Gasteiger charge is -2.14. The molecule has 2 N–H and O–H groups in total. The minimum atomic E-state index is -4.68. The van der Waals surface area contributed by atoms with Crippen LogP contribution in [0.25, 0.3) is 0 Å². The molecule has 0 aromatic heterocycles. The number of halogens is 3. The van der Waals surface area contributed by atoms with Gasteiger partial charge in [-0.1, -0.05) is 19.9 Å². The maximum absolute atomic E-state index is 12.7. The van der Waals surface area contributed by atoms with Gasteiger partial charge in [0, 0.05) is 12.6 Å². The average molecular weight is 424 g/mol. The SMILES string of the molecule is CCC(CC)NC(=O)COC(=O)CCNS(=O)(=O)c1cccc(C(F)(F)F)c1. The summed E-state index contributed by atoms with van der Waals surface area (Å²) < 4.78 is 68.9. The number of sulfonamides is 1. The van der Waals surface area contributed by atoms with Crippen molar-refractivity contribution in [3.63, 3.8) is 0 Å². The van der Waals surface area contributed by atoms with Crippen LogP contribution >= 0.6 is 0 Å². The van der Waals surface area contributed by atoms with Gasteiger partial charge >= 0.3 is 12.1 Å². The molecule has 11 heteroatoms. The van der Waals surface area contributed by atoms with Crippen LogP contribution in [0.4, 0.5) is 13.2 Å². The number of benzene rings is 1. The molecular weight excluding hydrogens is 401 g/mol. The van der Waals surface area contributed by atoms with Crippen LogP contribution in [0.15, 0.2) is 29.2 Å². The molecule has 1 aromatic carbocycles. The van der Waals surface area contributed by atoms with E-state index in [-0.39, 0.29) is 19.0 Å². The zero-order valence-electron chi connectivity index (χ0n) is 15.5. The molecule has 1 aromatic rings. The highest BCUT2D eigenvalue weighted by molar-refractivity contribution is 7.89. The minimum Gasteiger partial charge on any atom is -0.456 e. The van der Waals surface area contributed by atoms with Gasteiger partial charge in [-0.15, -0.1) is 0 Å². The lowest BCUT2D eigenvalue weighted by atomic mass is 10.2. The standard InChI is InChI=1S/C17H23F3N2O5S/c1-3-13(4-2)22-15(23)11-27-16(24)8-9-21-28(25,26)14-7-5-6-12(10-14)17(18,19)20/h5-7,10,13,21H,3-4,8-9,11H2,1-2H3,(H,22,23). The molecule has 0 atom stereocenters. The summed E-state index contributed by atoms with van der Waals surface area (Å²) in [6.45, 7) is 2.93. The molecule has 0 unspecified atom stereocenters. The third-order valence-corrected chi connectivity index (χ3v) is 5.27. The molecule has 28 heavy (non-hydrogen) atoms. The first-order valence-electron chi connectivity index (χ1n) is 8.61. The van der Waals surface area contributed by atoms with E-state index in [2.05, 4.69) is 5.32 Å². The summed E-state index contributed by atoms with van der Waals surface area (Å²) in [7, 11) is -4.23. The van der Waals surface area contributed by atoms with Crippen molar-refractivity contribution in [2.24, 2.45) is 0 Å². The van der Waals surface area contributed by atoms with Gasteiger partial charge in [-0.2, -0.15) is 13.2 Å². The molecule has 0 aliphatic rings. The molecular formula is C17H23F3N2O5S. The quantitative estimate of drug-likeness (QED) is 0.561. The molecule has 0 spiro atoms. The van der Waals surface area contributed by atoms with E-state index in [1.807, 2.05) is 18.6 Å². The van der Waals surface area contributed by atoms with Gasteiger partial charge in [0.1, 0.15) is 0 Å². The number of rotatable bonds is 10. The highest BCUT2D eigenvalue weighted by atomic mass is 32.2. The Kier molecular flexibility index (Phi) is 8.89. The zero-order valence-corrected chi connectivity index (χ0v) is 16.3. The summed E-state index contributed by atoms with van der Waals surface area (Å²) in [5.74, 6) is -1.28.